The highest BCUT2D eigenvalue weighted by Crippen LogP contribution is 2.43. The minimum absolute atomic E-state index is 0.388. The van der Waals surface area contributed by atoms with Gasteiger partial charge in [0.1, 0.15) is 0 Å². The summed E-state index contributed by atoms with van der Waals surface area (Å²) in [6.45, 7) is 16.8. The molecule has 2 atom stereocenters. The van der Waals surface area contributed by atoms with Gasteiger partial charge in [-0.2, -0.15) is 0 Å². The van der Waals surface area contributed by atoms with Gasteiger partial charge in [-0.05, 0) is 42.4 Å². The topological polar surface area (TPSA) is 0 Å². The van der Waals surface area contributed by atoms with E-state index in [4.69, 9.17) is 0 Å². The average molecular weight is 324 g/mol. The summed E-state index contributed by atoms with van der Waals surface area (Å²) in [4.78, 5) is 0. The van der Waals surface area contributed by atoms with E-state index in [1.807, 2.05) is 5.92 Å². The second-order valence-corrected chi connectivity index (χ2v) is 8.87. The van der Waals surface area contributed by atoms with Crippen LogP contribution in [0.5, 0.6) is 0 Å². The van der Waals surface area contributed by atoms with E-state index in [1.165, 1.54) is 77.0 Å². The molecule has 0 N–H and O–H groups in total. The van der Waals surface area contributed by atoms with Crippen LogP contribution in [0.4, 0.5) is 0 Å². The molecule has 0 spiro atoms. The summed E-state index contributed by atoms with van der Waals surface area (Å²) < 4.78 is 0. The summed E-state index contributed by atoms with van der Waals surface area (Å²) in [6.07, 6.45) is 16.8. The molecule has 0 rings (SSSR count). The maximum atomic E-state index is 2.45. The zero-order valence-corrected chi connectivity index (χ0v) is 17.6. The smallest absolute Gasteiger partial charge is 0.0156 e. The number of hydrogen-bond acceptors (Lipinski definition) is 0. The van der Waals surface area contributed by atoms with Gasteiger partial charge in [0.2, 0.25) is 0 Å². The monoisotopic (exact) mass is 323 g/mol. The van der Waals surface area contributed by atoms with Crippen LogP contribution in [-0.4, -0.2) is 0 Å². The Labute approximate surface area is 149 Å². The summed E-state index contributed by atoms with van der Waals surface area (Å²) in [5.74, 6) is 3.65. The summed E-state index contributed by atoms with van der Waals surface area (Å²) >= 11 is 0. The molecule has 0 fully saturated rings. The molecule has 0 aliphatic rings. The molecular formula is C23H47. The highest BCUT2D eigenvalue weighted by atomic mass is 14.4. The molecule has 0 saturated carbocycles. The first-order valence-corrected chi connectivity index (χ1v) is 10.7. The molecule has 139 valence electrons. The lowest BCUT2D eigenvalue weighted by Gasteiger charge is -2.38. The second kappa shape index (κ2) is 13.3. The van der Waals surface area contributed by atoms with Crippen molar-refractivity contribution >= 4 is 0 Å². The summed E-state index contributed by atoms with van der Waals surface area (Å²) in [5, 5.41) is 0. The average Bonchev–Trinajstić information content (AvgIpc) is 2.50. The van der Waals surface area contributed by atoms with E-state index >= 15 is 0 Å². The fraction of sp³-hybridized carbons (Fsp3) is 0.957. The van der Waals surface area contributed by atoms with Crippen LogP contribution < -0.4 is 0 Å². The van der Waals surface area contributed by atoms with E-state index in [0.29, 0.717) is 5.41 Å². The van der Waals surface area contributed by atoms with Gasteiger partial charge in [0.25, 0.3) is 0 Å². The fourth-order valence-electron chi connectivity index (χ4n) is 3.76. The number of rotatable bonds is 14. The first-order valence-electron chi connectivity index (χ1n) is 10.7. The molecule has 23 heavy (non-hydrogen) atoms. The molecule has 0 aromatic heterocycles. The van der Waals surface area contributed by atoms with Gasteiger partial charge in [0, 0.05) is 0 Å². The second-order valence-electron chi connectivity index (χ2n) is 8.87. The van der Waals surface area contributed by atoms with Crippen LogP contribution in [-0.2, 0) is 0 Å². The molecule has 0 heterocycles. The Balaban J connectivity index is 4.74. The van der Waals surface area contributed by atoms with Crippen LogP contribution in [0.15, 0.2) is 0 Å². The highest BCUT2D eigenvalue weighted by molar-refractivity contribution is 5.05. The predicted octanol–water partition coefficient (Wildman–Crippen LogP) is 8.60. The zero-order chi connectivity index (χ0) is 17.7. The SMILES string of the molecule is CCCCCCC(CCC(C)CC)[C](CCCCC)C(C)(C)C. The summed E-state index contributed by atoms with van der Waals surface area (Å²) in [6, 6.07) is 0. The van der Waals surface area contributed by atoms with Crippen molar-refractivity contribution in [2.45, 2.75) is 126 Å². The lowest BCUT2D eigenvalue weighted by atomic mass is 9.67. The molecular weight excluding hydrogens is 276 g/mol. The first-order chi connectivity index (χ1) is 10.9. The molecule has 1 radical (unpaired) electrons. The van der Waals surface area contributed by atoms with Crippen molar-refractivity contribution in [2.24, 2.45) is 17.3 Å². The number of unbranched alkanes of at least 4 members (excludes halogenated alkanes) is 5. The molecule has 0 nitrogen and oxygen atoms in total. The third-order valence-corrected chi connectivity index (χ3v) is 5.62. The van der Waals surface area contributed by atoms with Crippen molar-refractivity contribution in [2.75, 3.05) is 0 Å². The molecule has 0 saturated heterocycles. The largest absolute Gasteiger partial charge is 0.0654 e. The Morgan fingerprint density at radius 3 is 1.87 bits per heavy atom. The van der Waals surface area contributed by atoms with Gasteiger partial charge in [0.05, 0.1) is 0 Å². The maximum absolute atomic E-state index is 2.45. The molecule has 0 aliphatic carbocycles. The van der Waals surface area contributed by atoms with Crippen LogP contribution >= 0.6 is 0 Å². The molecule has 0 aromatic carbocycles. The van der Waals surface area contributed by atoms with Crippen LogP contribution in [0.25, 0.3) is 0 Å². The van der Waals surface area contributed by atoms with E-state index < -0.39 is 0 Å². The Morgan fingerprint density at radius 1 is 0.739 bits per heavy atom. The molecule has 0 amide bonds. The summed E-state index contributed by atoms with van der Waals surface area (Å²) in [7, 11) is 0. The predicted molar refractivity (Wildman–Crippen MR) is 108 cm³/mol. The van der Waals surface area contributed by atoms with Gasteiger partial charge < -0.3 is 0 Å². The lowest BCUT2D eigenvalue weighted by Crippen LogP contribution is -2.27. The van der Waals surface area contributed by atoms with Crippen molar-refractivity contribution in [3.05, 3.63) is 5.92 Å². The van der Waals surface area contributed by atoms with Crippen molar-refractivity contribution in [1.82, 2.24) is 0 Å². The normalized spacial score (nSPS) is 15.1. The molecule has 0 bridgehead atoms. The third kappa shape index (κ3) is 11.2. The minimum Gasteiger partial charge on any atom is -0.0654 e. The van der Waals surface area contributed by atoms with Gasteiger partial charge in [-0.3, -0.25) is 0 Å². The molecule has 0 heteroatoms. The minimum atomic E-state index is 0.388. The van der Waals surface area contributed by atoms with Gasteiger partial charge in [0.15, 0.2) is 0 Å². The molecule has 0 aliphatic heterocycles. The first kappa shape index (κ1) is 23.0. The van der Waals surface area contributed by atoms with Gasteiger partial charge in [-0.25, -0.2) is 0 Å². The third-order valence-electron chi connectivity index (χ3n) is 5.62. The van der Waals surface area contributed by atoms with Crippen LogP contribution in [0.3, 0.4) is 0 Å². The van der Waals surface area contributed by atoms with Crippen LogP contribution in [0.2, 0.25) is 0 Å². The Bertz CT molecular complexity index is 247. The van der Waals surface area contributed by atoms with E-state index in [0.717, 1.165) is 11.8 Å². The molecule has 0 aromatic rings. The Kier molecular flexibility index (Phi) is 13.3. The van der Waals surface area contributed by atoms with Gasteiger partial charge >= 0.3 is 0 Å². The maximum Gasteiger partial charge on any atom is -0.0156 e. The zero-order valence-electron chi connectivity index (χ0n) is 17.6. The number of hydrogen-bond donors (Lipinski definition) is 0. The highest BCUT2D eigenvalue weighted by Gasteiger charge is 2.31. The summed E-state index contributed by atoms with van der Waals surface area (Å²) in [5.41, 5.74) is 0.388. The van der Waals surface area contributed by atoms with Gasteiger partial charge in [-0.15, -0.1) is 0 Å². The van der Waals surface area contributed by atoms with Crippen molar-refractivity contribution in [3.8, 4) is 0 Å². The van der Waals surface area contributed by atoms with Crippen molar-refractivity contribution in [1.29, 1.82) is 0 Å². The molecule has 2 unspecified atom stereocenters. The fourth-order valence-corrected chi connectivity index (χ4v) is 3.76. The quantitative estimate of drug-likeness (QED) is 0.281. The van der Waals surface area contributed by atoms with Crippen LogP contribution in [0, 0.1) is 23.2 Å². The Morgan fingerprint density at radius 2 is 1.35 bits per heavy atom. The van der Waals surface area contributed by atoms with Gasteiger partial charge in [-0.1, -0.05) is 106 Å². The standard InChI is InChI=1S/C23H47/c1-8-11-13-15-16-21(19-18-20(4)10-3)22(23(5,6)7)17-14-12-9-2/h20-21H,8-19H2,1-7H3. The van der Waals surface area contributed by atoms with E-state index in [2.05, 4.69) is 48.5 Å². The van der Waals surface area contributed by atoms with Crippen LogP contribution in [0.1, 0.15) is 126 Å². The Hall–Kier alpha value is 0. The van der Waals surface area contributed by atoms with E-state index in [1.54, 1.807) is 0 Å². The lowest BCUT2D eigenvalue weighted by molar-refractivity contribution is 0.271. The van der Waals surface area contributed by atoms with E-state index in [9.17, 15) is 0 Å². The van der Waals surface area contributed by atoms with Crippen molar-refractivity contribution in [3.63, 3.8) is 0 Å². The van der Waals surface area contributed by atoms with E-state index in [-0.39, 0.29) is 0 Å². The van der Waals surface area contributed by atoms with Crippen molar-refractivity contribution < 1.29 is 0 Å².